The van der Waals surface area contributed by atoms with Gasteiger partial charge in [0.25, 0.3) is 0 Å². The lowest BCUT2D eigenvalue weighted by molar-refractivity contribution is -0.145. The van der Waals surface area contributed by atoms with Gasteiger partial charge in [0.05, 0.1) is 5.41 Å². The summed E-state index contributed by atoms with van der Waals surface area (Å²) in [4.78, 5) is 23.7. The molecule has 0 saturated carbocycles. The van der Waals surface area contributed by atoms with Crippen molar-refractivity contribution in [2.45, 2.75) is 44.6 Å². The van der Waals surface area contributed by atoms with Crippen molar-refractivity contribution in [2.24, 2.45) is 0 Å². The van der Waals surface area contributed by atoms with Crippen LogP contribution in [0.3, 0.4) is 0 Å². The Morgan fingerprint density at radius 3 is 2.38 bits per heavy atom. The first-order valence-electron chi connectivity index (χ1n) is 7.13. The molecule has 2 unspecified atom stereocenters. The Hall–Kier alpha value is -1.88. The molecular formula is C16H23NO4. The summed E-state index contributed by atoms with van der Waals surface area (Å²) in [6, 6.07) is 8.62. The lowest BCUT2D eigenvalue weighted by atomic mass is 9.79. The first kappa shape index (κ1) is 17.2. The molecule has 2 atom stereocenters. The Morgan fingerprint density at radius 1 is 1.29 bits per heavy atom. The number of nitrogens with one attached hydrogen (secondary N) is 1. The van der Waals surface area contributed by atoms with E-state index in [1.165, 1.54) is 0 Å². The summed E-state index contributed by atoms with van der Waals surface area (Å²) in [6.45, 7) is 3.46. The molecule has 116 valence electrons. The summed E-state index contributed by atoms with van der Waals surface area (Å²) in [5, 5.41) is 21.2. The molecule has 5 nitrogen and oxygen atoms in total. The Bertz CT molecular complexity index is 474. The molecule has 0 saturated heterocycles. The fourth-order valence-electron chi connectivity index (χ4n) is 2.24. The summed E-state index contributed by atoms with van der Waals surface area (Å²) < 4.78 is 0. The first-order chi connectivity index (χ1) is 9.93. The second kappa shape index (κ2) is 7.78. The third-order valence-electron chi connectivity index (χ3n) is 3.73. The lowest BCUT2D eigenvalue weighted by Crippen LogP contribution is -2.42. The van der Waals surface area contributed by atoms with Crippen molar-refractivity contribution in [3.63, 3.8) is 0 Å². The summed E-state index contributed by atoms with van der Waals surface area (Å²) in [6.07, 6.45) is 1.03. The third kappa shape index (κ3) is 4.56. The van der Waals surface area contributed by atoms with E-state index < -0.39 is 11.4 Å². The number of carboxylic acids is 1. The highest BCUT2D eigenvalue weighted by atomic mass is 16.4. The molecule has 0 bridgehead atoms. The average molecular weight is 293 g/mol. The highest BCUT2D eigenvalue weighted by Gasteiger charge is 2.37. The minimum absolute atomic E-state index is 0.00628. The van der Waals surface area contributed by atoms with Gasteiger partial charge in [-0.15, -0.1) is 0 Å². The predicted molar refractivity (Wildman–Crippen MR) is 80.0 cm³/mol. The van der Waals surface area contributed by atoms with Crippen LogP contribution in [-0.4, -0.2) is 34.7 Å². The number of amides is 1. The average Bonchev–Trinajstić information content (AvgIpc) is 2.47. The normalized spacial score (nSPS) is 15.0. The van der Waals surface area contributed by atoms with Crippen molar-refractivity contribution in [3.8, 4) is 0 Å². The summed E-state index contributed by atoms with van der Waals surface area (Å²) in [7, 11) is 0. The maximum Gasteiger partial charge on any atom is 0.314 e. The van der Waals surface area contributed by atoms with Crippen molar-refractivity contribution in [1.82, 2.24) is 5.32 Å². The number of hydrogen-bond acceptors (Lipinski definition) is 3. The minimum Gasteiger partial charge on any atom is -0.481 e. The molecule has 3 N–H and O–H groups in total. The zero-order valence-corrected chi connectivity index (χ0v) is 12.5. The maximum atomic E-state index is 12.1. The van der Waals surface area contributed by atoms with Gasteiger partial charge in [0, 0.05) is 19.1 Å². The van der Waals surface area contributed by atoms with Crippen LogP contribution < -0.4 is 5.32 Å². The summed E-state index contributed by atoms with van der Waals surface area (Å²) in [5.41, 5.74) is -0.661. The molecule has 0 fully saturated rings. The van der Waals surface area contributed by atoms with Gasteiger partial charge >= 0.3 is 5.97 Å². The van der Waals surface area contributed by atoms with E-state index in [0.29, 0.717) is 18.4 Å². The SMILES string of the molecule is CCC(CCO)NC(=O)CC(C)(C(=O)O)c1ccccc1. The largest absolute Gasteiger partial charge is 0.481 e. The van der Waals surface area contributed by atoms with Crippen LogP contribution in [0.5, 0.6) is 0 Å². The Morgan fingerprint density at radius 2 is 1.90 bits per heavy atom. The van der Waals surface area contributed by atoms with Crippen LogP contribution in [0, 0.1) is 0 Å². The van der Waals surface area contributed by atoms with Crippen LogP contribution in [-0.2, 0) is 15.0 Å². The third-order valence-corrected chi connectivity index (χ3v) is 3.73. The summed E-state index contributed by atoms with van der Waals surface area (Å²) in [5.74, 6) is -1.34. The van der Waals surface area contributed by atoms with E-state index in [9.17, 15) is 14.7 Å². The van der Waals surface area contributed by atoms with Gasteiger partial charge in [-0.25, -0.2) is 0 Å². The van der Waals surface area contributed by atoms with Gasteiger partial charge in [0.2, 0.25) is 5.91 Å². The number of carboxylic acid groups (broad SMARTS) is 1. The highest BCUT2D eigenvalue weighted by Crippen LogP contribution is 2.28. The van der Waals surface area contributed by atoms with Gasteiger partial charge in [0.1, 0.15) is 0 Å². The molecule has 0 spiro atoms. The number of hydrogen-bond donors (Lipinski definition) is 3. The zero-order chi connectivity index (χ0) is 15.9. The molecule has 1 aromatic rings. The molecule has 1 rings (SSSR count). The van der Waals surface area contributed by atoms with Crippen molar-refractivity contribution in [3.05, 3.63) is 35.9 Å². The molecule has 0 aliphatic rings. The predicted octanol–water partition coefficient (Wildman–Crippen LogP) is 1.70. The van der Waals surface area contributed by atoms with Crippen molar-refractivity contribution >= 4 is 11.9 Å². The fourth-order valence-corrected chi connectivity index (χ4v) is 2.24. The molecule has 1 aromatic carbocycles. The smallest absolute Gasteiger partial charge is 0.314 e. The molecule has 21 heavy (non-hydrogen) atoms. The van der Waals surface area contributed by atoms with Gasteiger partial charge < -0.3 is 15.5 Å². The van der Waals surface area contributed by atoms with Gasteiger partial charge in [-0.3, -0.25) is 9.59 Å². The van der Waals surface area contributed by atoms with E-state index in [4.69, 9.17) is 5.11 Å². The van der Waals surface area contributed by atoms with Crippen LogP contribution in [0.4, 0.5) is 0 Å². The maximum absolute atomic E-state index is 12.1. The molecule has 0 aliphatic heterocycles. The number of benzene rings is 1. The Labute approximate surface area is 125 Å². The number of rotatable bonds is 8. The molecule has 1 amide bonds. The van der Waals surface area contributed by atoms with Crippen molar-refractivity contribution < 1.29 is 19.8 Å². The van der Waals surface area contributed by atoms with E-state index in [1.807, 2.05) is 6.92 Å². The van der Waals surface area contributed by atoms with Crippen LogP contribution in [0.15, 0.2) is 30.3 Å². The number of carbonyl (C=O) groups is 2. The molecular weight excluding hydrogens is 270 g/mol. The monoisotopic (exact) mass is 293 g/mol. The molecule has 0 aliphatic carbocycles. The minimum atomic E-state index is -1.26. The summed E-state index contributed by atoms with van der Waals surface area (Å²) >= 11 is 0. The molecule has 5 heteroatoms. The van der Waals surface area contributed by atoms with Gasteiger partial charge in [-0.2, -0.15) is 0 Å². The van der Waals surface area contributed by atoms with Gasteiger partial charge in [-0.05, 0) is 25.3 Å². The molecule has 0 heterocycles. The van der Waals surface area contributed by atoms with Crippen LogP contribution in [0.2, 0.25) is 0 Å². The van der Waals surface area contributed by atoms with Gasteiger partial charge in [0.15, 0.2) is 0 Å². The topological polar surface area (TPSA) is 86.6 Å². The lowest BCUT2D eigenvalue weighted by Gasteiger charge is -2.26. The fraction of sp³-hybridized carbons (Fsp3) is 0.500. The van der Waals surface area contributed by atoms with Crippen molar-refractivity contribution in [1.29, 1.82) is 0 Å². The second-order valence-corrected chi connectivity index (χ2v) is 5.37. The standard InChI is InChI=1S/C16H23NO4/c1-3-13(9-10-18)17-14(19)11-16(2,15(20)21)12-7-5-4-6-8-12/h4-8,13,18H,3,9-11H2,1-2H3,(H,17,19)(H,20,21). The van der Waals surface area contributed by atoms with Crippen LogP contribution >= 0.6 is 0 Å². The van der Waals surface area contributed by atoms with Crippen LogP contribution in [0.25, 0.3) is 0 Å². The Balaban J connectivity index is 2.84. The molecule has 0 radical (unpaired) electrons. The second-order valence-electron chi connectivity index (χ2n) is 5.37. The number of aliphatic carboxylic acids is 1. The highest BCUT2D eigenvalue weighted by molar-refractivity contribution is 5.89. The first-order valence-corrected chi connectivity index (χ1v) is 7.13. The zero-order valence-electron chi connectivity index (χ0n) is 12.5. The number of carbonyl (C=O) groups excluding carboxylic acids is 1. The number of aliphatic hydroxyl groups is 1. The van der Waals surface area contributed by atoms with E-state index in [2.05, 4.69) is 5.32 Å². The van der Waals surface area contributed by atoms with Gasteiger partial charge in [-0.1, -0.05) is 37.3 Å². The van der Waals surface area contributed by atoms with E-state index >= 15 is 0 Å². The van der Waals surface area contributed by atoms with Crippen molar-refractivity contribution in [2.75, 3.05) is 6.61 Å². The Kier molecular flexibility index (Phi) is 6.37. The quantitative estimate of drug-likeness (QED) is 0.681. The van der Waals surface area contributed by atoms with E-state index in [0.717, 1.165) is 0 Å². The molecule has 0 aromatic heterocycles. The van der Waals surface area contributed by atoms with Crippen LogP contribution in [0.1, 0.15) is 38.7 Å². The van der Waals surface area contributed by atoms with E-state index in [-0.39, 0.29) is 25.0 Å². The number of aliphatic hydroxyl groups excluding tert-OH is 1. The van der Waals surface area contributed by atoms with E-state index in [1.54, 1.807) is 37.3 Å².